The van der Waals surface area contributed by atoms with Crippen LogP contribution >= 0.6 is 15.9 Å². The van der Waals surface area contributed by atoms with Gasteiger partial charge in [-0.3, -0.25) is 0 Å². The minimum absolute atomic E-state index is 0. The summed E-state index contributed by atoms with van der Waals surface area (Å²) in [6.45, 7) is 0. The number of anilines is 1. The van der Waals surface area contributed by atoms with Crippen molar-refractivity contribution in [2.24, 2.45) is 0 Å². The van der Waals surface area contributed by atoms with Crippen LogP contribution in [-0.2, 0) is 0 Å². The number of nitrogen functional groups attached to an aromatic ring is 1. The molecule has 79 valence electrons. The number of fused-ring (bicyclic) bond motifs is 3. The molecular formula is C13H9BrN2Na. The molecule has 1 heterocycles. The van der Waals surface area contributed by atoms with E-state index >= 15 is 0 Å². The zero-order valence-electron chi connectivity index (χ0n) is 9.44. The van der Waals surface area contributed by atoms with Gasteiger partial charge in [-0.05, 0) is 22.9 Å². The molecule has 2 nitrogen and oxygen atoms in total. The van der Waals surface area contributed by atoms with Crippen molar-refractivity contribution in [1.82, 2.24) is 4.98 Å². The molecule has 2 aromatic carbocycles. The number of halogens is 1. The van der Waals surface area contributed by atoms with E-state index in [4.69, 9.17) is 5.73 Å². The first-order chi connectivity index (χ1) is 7.77. The van der Waals surface area contributed by atoms with Crippen molar-refractivity contribution >= 4 is 72.8 Å². The predicted molar refractivity (Wildman–Crippen MR) is 77.1 cm³/mol. The van der Waals surface area contributed by atoms with E-state index in [2.05, 4.69) is 39.1 Å². The van der Waals surface area contributed by atoms with Gasteiger partial charge in [0.25, 0.3) is 0 Å². The van der Waals surface area contributed by atoms with Crippen LogP contribution in [0.1, 0.15) is 0 Å². The van der Waals surface area contributed by atoms with Crippen LogP contribution in [0.15, 0.2) is 47.1 Å². The Bertz CT molecular complexity index is 697. The van der Waals surface area contributed by atoms with Gasteiger partial charge in [-0.15, -0.1) is 0 Å². The first-order valence-corrected chi connectivity index (χ1v) is 5.78. The van der Waals surface area contributed by atoms with E-state index in [1.165, 1.54) is 5.39 Å². The zero-order valence-corrected chi connectivity index (χ0v) is 13.0. The van der Waals surface area contributed by atoms with Gasteiger partial charge in [0.15, 0.2) is 0 Å². The molecule has 0 saturated carbocycles. The van der Waals surface area contributed by atoms with E-state index in [1.54, 1.807) is 6.20 Å². The van der Waals surface area contributed by atoms with Gasteiger partial charge in [0.2, 0.25) is 0 Å². The molecule has 0 fully saturated rings. The fraction of sp³-hybridized carbons (Fsp3) is 0. The summed E-state index contributed by atoms with van der Waals surface area (Å²) in [5, 5.41) is 4.44. The van der Waals surface area contributed by atoms with Gasteiger partial charge in [-0.1, -0.05) is 40.2 Å². The molecule has 1 radical (unpaired) electrons. The maximum absolute atomic E-state index is 5.96. The molecule has 0 aliphatic rings. The monoisotopic (exact) mass is 295 g/mol. The molecule has 1 aromatic heterocycles. The smallest absolute Gasteiger partial charge is 0.131 e. The largest absolute Gasteiger partial charge is 0.383 e. The van der Waals surface area contributed by atoms with E-state index in [0.717, 1.165) is 20.6 Å². The molecule has 0 amide bonds. The van der Waals surface area contributed by atoms with Gasteiger partial charge in [-0.2, -0.15) is 0 Å². The number of hydrogen-bond acceptors (Lipinski definition) is 2. The van der Waals surface area contributed by atoms with Crippen molar-refractivity contribution in [1.29, 1.82) is 0 Å². The Hall–Kier alpha value is -0.610. The summed E-state index contributed by atoms with van der Waals surface area (Å²) in [6, 6.07) is 12.3. The Morgan fingerprint density at radius 2 is 1.82 bits per heavy atom. The summed E-state index contributed by atoms with van der Waals surface area (Å²) < 4.78 is 1.05. The average Bonchev–Trinajstić information content (AvgIpc) is 2.30. The normalized spacial score (nSPS) is 10.4. The summed E-state index contributed by atoms with van der Waals surface area (Å²) >= 11 is 3.57. The summed E-state index contributed by atoms with van der Waals surface area (Å²) in [5.74, 6) is 0.579. The van der Waals surface area contributed by atoms with Crippen molar-refractivity contribution in [3.8, 4) is 0 Å². The summed E-state index contributed by atoms with van der Waals surface area (Å²) in [5.41, 5.74) is 5.96. The number of pyridine rings is 1. The van der Waals surface area contributed by atoms with Gasteiger partial charge in [0.05, 0.1) is 0 Å². The van der Waals surface area contributed by atoms with Crippen LogP contribution in [0.2, 0.25) is 0 Å². The molecule has 3 rings (SSSR count). The second kappa shape index (κ2) is 4.94. The number of aromatic nitrogens is 1. The van der Waals surface area contributed by atoms with Crippen LogP contribution in [0.5, 0.6) is 0 Å². The molecule has 2 N–H and O–H groups in total. The fourth-order valence-corrected chi connectivity index (χ4v) is 2.60. The van der Waals surface area contributed by atoms with Gasteiger partial charge in [0, 0.05) is 51.0 Å². The van der Waals surface area contributed by atoms with Crippen LogP contribution in [0.25, 0.3) is 21.5 Å². The molecule has 0 atom stereocenters. The molecule has 3 aromatic rings. The van der Waals surface area contributed by atoms with Gasteiger partial charge in [0.1, 0.15) is 5.82 Å². The second-order valence-electron chi connectivity index (χ2n) is 3.70. The average molecular weight is 296 g/mol. The second-order valence-corrected chi connectivity index (χ2v) is 4.55. The Kier molecular flexibility index (Phi) is 3.73. The minimum Gasteiger partial charge on any atom is -0.383 e. The molecule has 0 saturated heterocycles. The van der Waals surface area contributed by atoms with Crippen molar-refractivity contribution in [3.63, 3.8) is 0 Å². The molecular weight excluding hydrogens is 287 g/mol. The SMILES string of the molecule is Nc1nccc2c(Br)cc3ccccc3c12.[Na]. The molecule has 0 unspecified atom stereocenters. The third-order valence-electron chi connectivity index (χ3n) is 2.75. The van der Waals surface area contributed by atoms with Crippen molar-refractivity contribution < 1.29 is 0 Å². The van der Waals surface area contributed by atoms with Crippen LogP contribution < -0.4 is 5.73 Å². The predicted octanol–water partition coefficient (Wildman–Crippen LogP) is 3.35. The minimum atomic E-state index is 0. The Morgan fingerprint density at radius 1 is 1.06 bits per heavy atom. The van der Waals surface area contributed by atoms with Crippen LogP contribution in [-0.4, -0.2) is 34.5 Å². The number of nitrogens with two attached hydrogens (primary N) is 1. The summed E-state index contributed by atoms with van der Waals surface area (Å²) in [6.07, 6.45) is 1.73. The van der Waals surface area contributed by atoms with Crippen LogP contribution in [0, 0.1) is 0 Å². The number of benzene rings is 2. The van der Waals surface area contributed by atoms with E-state index in [0.29, 0.717) is 5.82 Å². The fourth-order valence-electron chi connectivity index (χ4n) is 2.02. The van der Waals surface area contributed by atoms with Crippen LogP contribution in [0.3, 0.4) is 0 Å². The Labute approximate surface area is 130 Å². The van der Waals surface area contributed by atoms with Gasteiger partial charge >= 0.3 is 0 Å². The summed E-state index contributed by atoms with van der Waals surface area (Å²) in [4.78, 5) is 4.16. The third kappa shape index (κ3) is 2.08. The first kappa shape index (κ1) is 12.8. The molecule has 0 aliphatic carbocycles. The van der Waals surface area contributed by atoms with E-state index in [-0.39, 0.29) is 29.6 Å². The van der Waals surface area contributed by atoms with Gasteiger partial charge < -0.3 is 5.73 Å². The molecule has 0 bridgehead atoms. The van der Waals surface area contributed by atoms with E-state index in [9.17, 15) is 0 Å². The maximum Gasteiger partial charge on any atom is 0.131 e. The number of nitrogens with zero attached hydrogens (tertiary/aromatic N) is 1. The molecule has 0 aliphatic heterocycles. The van der Waals surface area contributed by atoms with E-state index < -0.39 is 0 Å². The molecule has 4 heteroatoms. The molecule has 0 spiro atoms. The maximum atomic E-state index is 5.96. The van der Waals surface area contributed by atoms with Crippen LogP contribution in [0.4, 0.5) is 5.82 Å². The quantitative estimate of drug-likeness (QED) is 0.510. The third-order valence-corrected chi connectivity index (χ3v) is 3.41. The van der Waals surface area contributed by atoms with E-state index in [1.807, 2.05) is 18.2 Å². The Balaban J connectivity index is 0.00000108. The Morgan fingerprint density at radius 3 is 2.65 bits per heavy atom. The zero-order chi connectivity index (χ0) is 11.1. The van der Waals surface area contributed by atoms with Crippen molar-refractivity contribution in [2.75, 3.05) is 5.73 Å². The number of rotatable bonds is 0. The van der Waals surface area contributed by atoms with Crippen molar-refractivity contribution in [3.05, 3.63) is 47.1 Å². The first-order valence-electron chi connectivity index (χ1n) is 4.99. The van der Waals surface area contributed by atoms with Crippen molar-refractivity contribution in [2.45, 2.75) is 0 Å². The molecule has 17 heavy (non-hydrogen) atoms. The topological polar surface area (TPSA) is 38.9 Å². The standard InChI is InChI=1S/C13H9BrN2.Na/c14-11-7-8-3-1-2-4-9(8)12-10(11)5-6-16-13(12)15;/h1-7H,(H2,15,16);. The number of hydrogen-bond donors (Lipinski definition) is 1. The summed E-state index contributed by atoms with van der Waals surface area (Å²) in [7, 11) is 0. The van der Waals surface area contributed by atoms with Gasteiger partial charge in [-0.25, -0.2) is 4.98 Å².